The molecular weight excluding hydrogens is 2140 g/mol. The van der Waals surface area contributed by atoms with E-state index in [9.17, 15) is 91.2 Å². The third-order valence-electron chi connectivity index (χ3n) is 23.2. The molecule has 736 valence electrons. The lowest BCUT2D eigenvalue weighted by molar-refractivity contribution is 0.0964. The summed E-state index contributed by atoms with van der Waals surface area (Å²) in [5, 5.41) is 3.29. The van der Waals surface area contributed by atoms with Crippen LogP contribution < -0.4 is 63.9 Å². The first-order valence-corrected chi connectivity index (χ1v) is 51.8. The molecule has 0 aliphatic heterocycles. The summed E-state index contributed by atoms with van der Waals surface area (Å²) in [4.78, 5) is 170. The average molecular weight is 2210 g/mol. The summed E-state index contributed by atoms with van der Waals surface area (Å²) in [5.41, 5.74) is -2.99. The minimum absolute atomic E-state index is 0.0505. The molecule has 20 rings (SSSR count). The van der Waals surface area contributed by atoms with Gasteiger partial charge in [0.2, 0.25) is 0 Å². The molecule has 8 N–H and O–H groups in total. The number of halogens is 8. The van der Waals surface area contributed by atoms with Crippen LogP contribution >= 0.6 is 104 Å². The molecule has 0 fully saturated rings. The van der Waals surface area contributed by atoms with Gasteiger partial charge in [0, 0.05) is 79.9 Å². The number of hydrogen-bond acceptors (Lipinski definition) is 21. The first-order valence-electron chi connectivity index (χ1n) is 42.1. The minimum atomic E-state index is -4.45. The van der Waals surface area contributed by atoms with Crippen molar-refractivity contribution in [2.75, 3.05) is 0 Å². The Morgan fingerprint density at radius 1 is 0.283 bits per heavy atom. The Hall–Kier alpha value is -15.0. The predicted octanol–water partition coefficient (Wildman–Crippen LogP) is 15.1. The number of sulfonamides is 4. The molecule has 4 amide bonds. The van der Waals surface area contributed by atoms with E-state index in [-0.39, 0.29) is 126 Å². The van der Waals surface area contributed by atoms with Crippen LogP contribution in [0.3, 0.4) is 0 Å². The van der Waals surface area contributed by atoms with E-state index in [0.29, 0.717) is 70.5 Å². The second-order valence-electron chi connectivity index (χ2n) is 32.2. The van der Waals surface area contributed by atoms with Crippen LogP contribution in [0.1, 0.15) is 53.1 Å². The van der Waals surface area contributed by atoms with Crippen molar-refractivity contribution < 1.29 is 52.8 Å². The second-order valence-corrected chi connectivity index (χ2v) is 43.8. The molecule has 36 nitrogen and oxygen atoms in total. The molecule has 0 unspecified atom stereocenters. The first-order chi connectivity index (χ1) is 68.6. The van der Waals surface area contributed by atoms with E-state index in [0.717, 1.165) is 53.4 Å². The molecule has 9 aromatic heterocycles. The highest BCUT2D eigenvalue weighted by Crippen LogP contribution is 2.39. The van der Waals surface area contributed by atoms with E-state index >= 15 is 0 Å². The molecule has 20 aromatic rings. The van der Waals surface area contributed by atoms with Crippen LogP contribution in [0.2, 0.25) is 38.8 Å². The Kier molecular flexibility index (Phi) is 27.5. The fourth-order valence-corrected chi connectivity index (χ4v) is 24.3. The summed E-state index contributed by atoms with van der Waals surface area (Å²) in [6.07, 6.45) is 0. The number of aromatic nitrogens is 12. The molecule has 0 atom stereocenters. The minimum Gasteiger partial charge on any atom is -0.338 e. The van der Waals surface area contributed by atoms with Gasteiger partial charge in [0.15, 0.2) is 0 Å². The Labute approximate surface area is 859 Å². The maximum absolute atomic E-state index is 13.5. The zero-order valence-corrected chi connectivity index (χ0v) is 85.0. The fraction of sp³-hybridized carbons (Fsp3) is 0.0625. The van der Waals surface area contributed by atoms with Gasteiger partial charge in [-0.15, -0.1) is 11.3 Å². The maximum Gasteiger partial charge on any atom is 0.333 e. The molecule has 0 saturated heterocycles. The molecule has 0 spiro atoms. The van der Waals surface area contributed by atoms with Crippen molar-refractivity contribution in [1.29, 1.82) is 0 Å². The Morgan fingerprint density at radius 2 is 0.552 bits per heavy atom. The van der Waals surface area contributed by atoms with Crippen LogP contribution in [0.25, 0.3) is 110 Å². The second kappa shape index (κ2) is 39.3. The Balaban J connectivity index is 0.000000132. The molecule has 0 bridgehead atoms. The quantitative estimate of drug-likeness (QED) is 0.0445. The smallest absolute Gasteiger partial charge is 0.333 e. The van der Waals surface area contributed by atoms with Gasteiger partial charge in [0.05, 0.1) is 107 Å². The van der Waals surface area contributed by atoms with Crippen LogP contribution in [0.4, 0.5) is 0 Å². The average Bonchev–Trinajstić information content (AvgIpc) is 1.61. The van der Waals surface area contributed by atoms with E-state index in [1.165, 1.54) is 107 Å². The van der Waals surface area contributed by atoms with Crippen LogP contribution in [-0.4, -0.2) is 114 Å². The molecule has 49 heteroatoms. The Bertz CT molecular complexity index is 10100. The molecule has 0 aliphatic rings. The zero-order valence-electron chi connectivity index (χ0n) is 74.9. The SMILES string of the molecule is Cc1ccc(S(=O)(=O)NC(=O)c2c(-n3c(=O)[nH]c4ccccc4c3=O)c3cc(Cl)ccc3n2C)cc1.Cc1ccccc1S(=O)(=O)NC(=O)c1c(-n2c(=O)[nH]c3ccccc3c2=O)c2cc(Cl)ccc2n1C.Cn1c(C(=O)NS(=O)(=O)c2cc(Cl)cc(Cl)c2)c(-n2c(=O)[nH]c3ccccc3c2=O)c2cc(Cl)ccc21.Cn1c(C(=O)NS(=O)(=O)c2cc(Cl)sc2Cl)c(-n2c(=O)[nH]c3ccccc3c2=O)c2cc(Cl)ccc21. The predicted molar refractivity (Wildman–Crippen MR) is 558 cm³/mol. The number of H-pyrrole nitrogens is 4. The van der Waals surface area contributed by atoms with E-state index < -0.39 is 109 Å². The number of para-hydroxylation sites is 4. The van der Waals surface area contributed by atoms with Crippen molar-refractivity contribution in [3.63, 3.8) is 0 Å². The van der Waals surface area contributed by atoms with E-state index in [2.05, 4.69) is 29.4 Å². The number of nitrogens with zero attached hydrogens (tertiary/aromatic N) is 8. The van der Waals surface area contributed by atoms with Gasteiger partial charge in [-0.05, 0) is 183 Å². The van der Waals surface area contributed by atoms with Gasteiger partial charge in [-0.1, -0.05) is 177 Å². The van der Waals surface area contributed by atoms with Crippen molar-refractivity contribution in [2.45, 2.75) is 33.4 Å². The van der Waals surface area contributed by atoms with Gasteiger partial charge in [0.1, 0.15) is 32.0 Å². The number of fused-ring (bicyclic) bond motifs is 8. The monoisotopic (exact) mass is 2200 g/mol. The molecule has 11 aromatic carbocycles. The van der Waals surface area contributed by atoms with Crippen molar-refractivity contribution in [3.8, 4) is 22.7 Å². The van der Waals surface area contributed by atoms with E-state index in [1.54, 1.807) is 178 Å². The van der Waals surface area contributed by atoms with Gasteiger partial charge in [-0.3, -0.25) is 38.4 Å². The summed E-state index contributed by atoms with van der Waals surface area (Å²) < 4.78 is 121. The van der Waals surface area contributed by atoms with Crippen LogP contribution in [0, 0.1) is 13.8 Å². The lowest BCUT2D eigenvalue weighted by Gasteiger charge is -2.12. The number of nitrogens with one attached hydrogen (secondary N) is 8. The number of aryl methyl sites for hydroxylation is 6. The number of amides is 4. The van der Waals surface area contributed by atoms with Crippen molar-refractivity contribution in [2.24, 2.45) is 28.2 Å². The molecule has 0 saturated carbocycles. The fourth-order valence-electron chi connectivity index (χ4n) is 16.7. The third-order valence-corrected chi connectivity index (χ3v) is 31.8. The molecule has 0 aliphatic carbocycles. The Morgan fingerprint density at radius 3 is 0.841 bits per heavy atom. The molecular formula is C96H66Cl8N16O20S5. The number of hydrogen-bond donors (Lipinski definition) is 8. The summed E-state index contributed by atoms with van der Waals surface area (Å²) in [5.74, 6) is -4.22. The summed E-state index contributed by atoms with van der Waals surface area (Å²) in [6.45, 7) is 3.41. The molecule has 145 heavy (non-hydrogen) atoms. The van der Waals surface area contributed by atoms with Crippen LogP contribution in [0.5, 0.6) is 0 Å². The van der Waals surface area contributed by atoms with Gasteiger partial charge in [0.25, 0.3) is 86.0 Å². The molecule has 9 heterocycles. The number of benzene rings is 11. The van der Waals surface area contributed by atoms with Crippen molar-refractivity contribution in [1.82, 2.24) is 75.4 Å². The lowest BCUT2D eigenvalue weighted by Crippen LogP contribution is -2.37. The summed E-state index contributed by atoms with van der Waals surface area (Å²) >= 11 is 49.4. The van der Waals surface area contributed by atoms with E-state index in [4.69, 9.17) is 92.8 Å². The number of rotatable bonds is 16. The lowest BCUT2D eigenvalue weighted by atomic mass is 10.2. The largest absolute Gasteiger partial charge is 0.338 e. The zero-order chi connectivity index (χ0) is 104. The van der Waals surface area contributed by atoms with Gasteiger partial charge < -0.3 is 38.2 Å². The van der Waals surface area contributed by atoms with Gasteiger partial charge in [-0.2, -0.15) is 0 Å². The summed E-state index contributed by atoms with van der Waals surface area (Å²) in [6, 6.07) is 61.3. The van der Waals surface area contributed by atoms with Crippen LogP contribution in [-0.2, 0) is 68.3 Å². The highest BCUT2D eigenvalue weighted by Gasteiger charge is 2.36. The highest BCUT2D eigenvalue weighted by molar-refractivity contribution is 7.91. The third kappa shape index (κ3) is 19.1. The number of aromatic amines is 4. The van der Waals surface area contributed by atoms with Crippen molar-refractivity contribution >= 4 is 255 Å². The highest BCUT2D eigenvalue weighted by atomic mass is 35.5. The normalized spacial score (nSPS) is 11.8. The van der Waals surface area contributed by atoms with Crippen LogP contribution in [0.15, 0.2) is 301 Å². The summed E-state index contributed by atoms with van der Waals surface area (Å²) in [7, 11) is -11.4. The van der Waals surface area contributed by atoms with Gasteiger partial charge >= 0.3 is 22.8 Å². The molecule has 0 radical (unpaired) electrons. The topological polar surface area (TPSA) is 492 Å². The maximum atomic E-state index is 13.5. The van der Waals surface area contributed by atoms with E-state index in [1.807, 2.05) is 9.44 Å². The first kappa shape index (κ1) is 102. The number of carbonyl (C=O) groups excluding carboxylic acids is 4. The van der Waals surface area contributed by atoms with Gasteiger partial charge in [-0.25, -0.2) is 90.0 Å². The number of thiophene rings is 1. The van der Waals surface area contributed by atoms with Crippen molar-refractivity contribution in [3.05, 3.63) is 399 Å². The number of carbonyl (C=O) groups is 4. The standard InChI is InChI=1S/2C25H19ClN4O5S.C24H15Cl3N4O5S.C22H13Cl3N4O5S2/c1-14-7-3-6-10-20(14)36(34,35)28-23(31)22-21(17-13-15(26)11-12-19(17)29(22)2)30-24(32)16-8-4-5-9-18(16)27-25(30)33;1-14-7-10-16(11-8-14)36(34,35)28-23(31)22-21(18-13-15(26)9-12-20(18)29(22)2)30-24(32)17-5-3-4-6-19(17)27-25(30)33;1-30-19-7-6-12(25)11-17(19)20(31-23(33)16-4-2-3-5-18(16)28-24(31)34)21(30)22(32)29-37(35,36)15-9-13(26)8-14(27)10-15;1-28-14-7-6-10(23)8-12(14)17(29-21(31)11-4-2-3-5-13(11)26-22(29)32)18(28)20(30)27-36(33,34)15-9-16(24)35-19(15)25/h2*3-13H,1-2H3,(H,27,33)(H,28,31);2-11H,1H3,(H,28,34)(H,29,32);2-9H,1H3,(H,26,32)(H,27,30).